The number of H-pyrrole nitrogens is 1. The third-order valence-corrected chi connectivity index (χ3v) is 3.86. The monoisotopic (exact) mass is 330 g/mol. The van der Waals surface area contributed by atoms with Gasteiger partial charge in [0.2, 0.25) is 0 Å². The molecule has 2 aromatic heterocycles. The Morgan fingerprint density at radius 3 is 2.64 bits per heavy atom. The van der Waals surface area contributed by atoms with E-state index in [0.717, 1.165) is 16.4 Å². The van der Waals surface area contributed by atoms with E-state index < -0.39 is 5.63 Å². The Bertz CT molecular complexity index is 1080. The van der Waals surface area contributed by atoms with E-state index in [-0.39, 0.29) is 0 Å². The van der Waals surface area contributed by atoms with Crippen LogP contribution < -0.4 is 5.63 Å². The minimum atomic E-state index is -0.458. The summed E-state index contributed by atoms with van der Waals surface area (Å²) in [6.07, 6.45) is 0. The van der Waals surface area contributed by atoms with Gasteiger partial charge in [0, 0.05) is 15.4 Å². The molecule has 0 amide bonds. The number of halogens is 2. The number of imidazole rings is 1. The van der Waals surface area contributed by atoms with Gasteiger partial charge in [-0.3, -0.25) is 0 Å². The zero-order valence-corrected chi connectivity index (χ0v) is 12.6. The number of hydrogen-bond donors (Lipinski definition) is 1. The molecule has 0 unspecified atom stereocenters. The first kappa shape index (κ1) is 13.4. The van der Waals surface area contributed by atoms with Crippen molar-refractivity contribution in [1.82, 2.24) is 9.97 Å². The maximum Gasteiger partial charge on any atom is 0.347 e. The summed E-state index contributed by atoms with van der Waals surface area (Å²) in [4.78, 5) is 19.7. The smallest absolute Gasteiger partial charge is 0.347 e. The van der Waals surface area contributed by atoms with Gasteiger partial charge in [-0.2, -0.15) is 0 Å². The summed E-state index contributed by atoms with van der Waals surface area (Å²) in [6, 6.07) is 12.1. The van der Waals surface area contributed by atoms with Gasteiger partial charge in [-0.05, 0) is 42.5 Å². The number of rotatable bonds is 1. The molecule has 4 rings (SSSR count). The van der Waals surface area contributed by atoms with Gasteiger partial charge < -0.3 is 9.40 Å². The van der Waals surface area contributed by atoms with E-state index in [4.69, 9.17) is 27.6 Å². The molecule has 0 spiro atoms. The van der Waals surface area contributed by atoms with Crippen LogP contribution in [0.25, 0.3) is 33.4 Å². The number of aromatic amines is 1. The fourth-order valence-electron chi connectivity index (χ4n) is 2.37. The quantitative estimate of drug-likeness (QED) is 0.517. The summed E-state index contributed by atoms with van der Waals surface area (Å²) in [5, 5.41) is 1.91. The van der Waals surface area contributed by atoms with E-state index in [0.29, 0.717) is 27.0 Å². The fraction of sp³-hybridized carbons (Fsp3) is 0. The van der Waals surface area contributed by atoms with Gasteiger partial charge in [0.15, 0.2) is 0 Å². The minimum absolute atomic E-state index is 0.349. The molecule has 2 aromatic carbocycles. The second-order valence-corrected chi connectivity index (χ2v) is 5.75. The molecule has 4 aromatic rings. The van der Waals surface area contributed by atoms with Crippen molar-refractivity contribution in [2.24, 2.45) is 0 Å². The molecule has 0 saturated carbocycles. The lowest BCUT2D eigenvalue weighted by atomic mass is 10.2. The van der Waals surface area contributed by atoms with Crippen LogP contribution in [0.5, 0.6) is 0 Å². The molecule has 0 saturated heterocycles. The van der Waals surface area contributed by atoms with Gasteiger partial charge >= 0.3 is 5.63 Å². The van der Waals surface area contributed by atoms with Crippen LogP contribution in [0.3, 0.4) is 0 Å². The third kappa shape index (κ3) is 2.17. The molecule has 0 bridgehead atoms. The van der Waals surface area contributed by atoms with Crippen LogP contribution in [0.15, 0.2) is 51.7 Å². The third-order valence-electron chi connectivity index (χ3n) is 3.39. The molecule has 0 aliphatic carbocycles. The number of aromatic nitrogens is 2. The Kier molecular flexibility index (Phi) is 2.96. The zero-order chi connectivity index (χ0) is 15.3. The lowest BCUT2D eigenvalue weighted by Gasteiger charge is -2.00. The number of hydrogen-bond acceptors (Lipinski definition) is 3. The first-order valence-electron chi connectivity index (χ1n) is 6.49. The molecule has 2 heterocycles. The number of nitrogens with one attached hydrogen (secondary N) is 1. The summed E-state index contributed by atoms with van der Waals surface area (Å²) in [5.74, 6) is 0.438. The zero-order valence-electron chi connectivity index (χ0n) is 11.1. The van der Waals surface area contributed by atoms with Gasteiger partial charge in [-0.15, -0.1) is 0 Å². The SMILES string of the molecule is O=c1oc2ccc(Cl)cc2cc1-c1nc2ccc(Cl)cc2[nH]1. The highest BCUT2D eigenvalue weighted by Crippen LogP contribution is 2.25. The predicted molar refractivity (Wildman–Crippen MR) is 87.6 cm³/mol. The van der Waals surface area contributed by atoms with Gasteiger partial charge in [0.1, 0.15) is 17.0 Å². The number of nitrogens with zero attached hydrogens (tertiary/aromatic N) is 1. The average Bonchev–Trinajstić information content (AvgIpc) is 2.89. The minimum Gasteiger partial charge on any atom is -0.422 e. The molecular formula is C16H8Cl2N2O2. The second-order valence-electron chi connectivity index (χ2n) is 4.88. The van der Waals surface area contributed by atoms with Crippen molar-refractivity contribution in [3.05, 3.63) is 62.9 Å². The molecule has 0 aliphatic heterocycles. The topological polar surface area (TPSA) is 58.9 Å². The van der Waals surface area contributed by atoms with Crippen molar-refractivity contribution in [2.75, 3.05) is 0 Å². The van der Waals surface area contributed by atoms with Gasteiger partial charge in [-0.25, -0.2) is 9.78 Å². The number of benzene rings is 2. The molecule has 0 fully saturated rings. The van der Waals surface area contributed by atoms with Gasteiger partial charge in [-0.1, -0.05) is 23.2 Å². The lowest BCUT2D eigenvalue weighted by Crippen LogP contribution is -2.03. The van der Waals surface area contributed by atoms with Crippen molar-refractivity contribution >= 4 is 45.2 Å². The van der Waals surface area contributed by atoms with Gasteiger partial charge in [0.05, 0.1) is 11.0 Å². The van der Waals surface area contributed by atoms with E-state index >= 15 is 0 Å². The molecule has 0 atom stereocenters. The van der Waals surface area contributed by atoms with Crippen LogP contribution in [0.1, 0.15) is 0 Å². The maximum atomic E-state index is 12.2. The summed E-state index contributed by atoms with van der Waals surface area (Å²) in [5.41, 5.74) is 1.86. The van der Waals surface area contributed by atoms with Crippen molar-refractivity contribution in [1.29, 1.82) is 0 Å². The first-order valence-corrected chi connectivity index (χ1v) is 7.25. The molecular weight excluding hydrogens is 323 g/mol. The Hall–Kier alpha value is -2.30. The Balaban J connectivity index is 1.98. The highest BCUT2D eigenvalue weighted by Gasteiger charge is 2.12. The van der Waals surface area contributed by atoms with Crippen molar-refractivity contribution in [3.63, 3.8) is 0 Å². The Morgan fingerprint density at radius 2 is 1.77 bits per heavy atom. The van der Waals surface area contributed by atoms with Crippen LogP contribution in [0, 0.1) is 0 Å². The molecule has 108 valence electrons. The van der Waals surface area contributed by atoms with E-state index in [1.54, 1.807) is 42.5 Å². The van der Waals surface area contributed by atoms with E-state index in [1.807, 2.05) is 0 Å². The molecule has 0 aliphatic rings. The van der Waals surface area contributed by atoms with Crippen LogP contribution in [0.2, 0.25) is 10.0 Å². The normalized spacial score (nSPS) is 11.4. The van der Waals surface area contributed by atoms with Crippen molar-refractivity contribution < 1.29 is 4.42 Å². The van der Waals surface area contributed by atoms with E-state index in [2.05, 4.69) is 9.97 Å². The molecule has 6 heteroatoms. The Labute approximate surface area is 134 Å². The summed E-state index contributed by atoms with van der Waals surface area (Å²) >= 11 is 11.9. The van der Waals surface area contributed by atoms with Crippen LogP contribution in [0.4, 0.5) is 0 Å². The lowest BCUT2D eigenvalue weighted by molar-refractivity contribution is 0.563. The largest absolute Gasteiger partial charge is 0.422 e. The van der Waals surface area contributed by atoms with Crippen molar-refractivity contribution in [2.45, 2.75) is 0 Å². The highest BCUT2D eigenvalue weighted by atomic mass is 35.5. The van der Waals surface area contributed by atoms with Crippen LogP contribution >= 0.6 is 23.2 Å². The van der Waals surface area contributed by atoms with Crippen LogP contribution in [-0.4, -0.2) is 9.97 Å². The fourth-order valence-corrected chi connectivity index (χ4v) is 2.72. The second kappa shape index (κ2) is 4.87. The first-order chi connectivity index (χ1) is 10.6. The summed E-state index contributed by atoms with van der Waals surface area (Å²) in [6.45, 7) is 0. The number of fused-ring (bicyclic) bond motifs is 2. The summed E-state index contributed by atoms with van der Waals surface area (Å²) in [7, 11) is 0. The Morgan fingerprint density at radius 1 is 1.00 bits per heavy atom. The van der Waals surface area contributed by atoms with Crippen LogP contribution in [-0.2, 0) is 0 Å². The molecule has 1 N–H and O–H groups in total. The highest BCUT2D eigenvalue weighted by molar-refractivity contribution is 6.31. The van der Waals surface area contributed by atoms with Crippen molar-refractivity contribution in [3.8, 4) is 11.4 Å². The standard InChI is InChI=1S/C16H8Cl2N2O2/c17-9-2-4-14-8(5-9)6-11(16(21)22-14)15-19-12-3-1-10(18)7-13(12)20-15/h1-7H,(H,19,20). The van der Waals surface area contributed by atoms with E-state index in [9.17, 15) is 4.79 Å². The maximum absolute atomic E-state index is 12.2. The molecule has 22 heavy (non-hydrogen) atoms. The van der Waals surface area contributed by atoms with E-state index in [1.165, 1.54) is 0 Å². The predicted octanol–water partition coefficient (Wildman–Crippen LogP) is 4.64. The average molecular weight is 331 g/mol. The molecule has 0 radical (unpaired) electrons. The summed E-state index contributed by atoms with van der Waals surface area (Å²) < 4.78 is 5.32. The van der Waals surface area contributed by atoms with Gasteiger partial charge in [0.25, 0.3) is 0 Å². The molecule has 4 nitrogen and oxygen atoms in total.